The Balaban J connectivity index is 1.20. The van der Waals surface area contributed by atoms with Crippen molar-refractivity contribution >= 4 is 96.7 Å². The Morgan fingerprint density at radius 2 is 0.875 bits per heavy atom. The van der Waals surface area contributed by atoms with Crippen LogP contribution in [-0.4, -0.2) is 0 Å². The molecule has 2 heterocycles. The Labute approximate surface area is 286 Å². The van der Waals surface area contributed by atoms with Crippen LogP contribution in [0, 0.1) is 0 Å². The van der Waals surface area contributed by atoms with Gasteiger partial charge in [0.25, 0.3) is 0 Å². The molecule has 0 N–H and O–H groups in total. The Bertz CT molecular complexity index is 2960. The van der Waals surface area contributed by atoms with Crippen molar-refractivity contribution in [1.82, 2.24) is 0 Å². The maximum atomic E-state index is 2.45. The van der Waals surface area contributed by atoms with Crippen molar-refractivity contribution in [3.05, 3.63) is 156 Å². The highest BCUT2D eigenvalue weighted by Crippen LogP contribution is 2.41. The van der Waals surface area contributed by atoms with Crippen molar-refractivity contribution < 1.29 is 0 Å². The van der Waals surface area contributed by atoms with Crippen LogP contribution in [0.2, 0.25) is 0 Å². The zero-order valence-electron chi connectivity index (χ0n) is 26.2. The SMILES string of the molecule is C1=c2c(-c3ccc4ccccc4c3)ccccccc(-c3ccc4sc5cc6cc7c(cc6cc5c4c3)sc3ccccc37)c2=CCC1. The summed E-state index contributed by atoms with van der Waals surface area (Å²) in [5, 5.41) is 13.2. The van der Waals surface area contributed by atoms with Crippen molar-refractivity contribution in [2.45, 2.75) is 12.8 Å². The van der Waals surface area contributed by atoms with E-state index in [4.69, 9.17) is 0 Å². The summed E-state index contributed by atoms with van der Waals surface area (Å²) in [6.45, 7) is 0. The lowest BCUT2D eigenvalue weighted by atomic mass is 9.93. The van der Waals surface area contributed by atoms with Crippen molar-refractivity contribution in [2.75, 3.05) is 0 Å². The number of hydrogen-bond acceptors (Lipinski definition) is 2. The molecule has 0 unspecified atom stereocenters. The van der Waals surface area contributed by atoms with E-state index < -0.39 is 0 Å². The van der Waals surface area contributed by atoms with Gasteiger partial charge in [-0.3, -0.25) is 0 Å². The van der Waals surface area contributed by atoms with E-state index in [1.54, 1.807) is 0 Å². The number of thiophene rings is 2. The van der Waals surface area contributed by atoms with Crippen LogP contribution in [0.5, 0.6) is 0 Å². The zero-order valence-corrected chi connectivity index (χ0v) is 27.9. The van der Waals surface area contributed by atoms with Crippen LogP contribution in [0.15, 0.2) is 146 Å². The van der Waals surface area contributed by atoms with E-state index in [1.807, 2.05) is 22.7 Å². The summed E-state index contributed by atoms with van der Waals surface area (Å²) in [5.41, 5.74) is 5.05. The van der Waals surface area contributed by atoms with Crippen LogP contribution >= 0.6 is 22.7 Å². The fourth-order valence-electron chi connectivity index (χ4n) is 7.57. The summed E-state index contributed by atoms with van der Waals surface area (Å²) in [6.07, 6.45) is 6.99. The number of benzene rings is 6. The van der Waals surface area contributed by atoms with Crippen molar-refractivity contribution in [3.8, 4) is 22.3 Å². The van der Waals surface area contributed by atoms with Gasteiger partial charge >= 0.3 is 0 Å². The average molecular weight is 647 g/mol. The quantitative estimate of drug-likeness (QED) is 0.175. The maximum absolute atomic E-state index is 2.45. The lowest BCUT2D eigenvalue weighted by Gasteiger charge is -2.10. The minimum atomic E-state index is 1.04. The van der Waals surface area contributed by atoms with Crippen LogP contribution in [-0.2, 0) is 0 Å². The predicted molar refractivity (Wildman–Crippen MR) is 213 cm³/mol. The Hall–Kier alpha value is -5.28. The molecule has 0 amide bonds. The van der Waals surface area contributed by atoms with Crippen molar-refractivity contribution in [2.24, 2.45) is 0 Å². The summed E-state index contributed by atoms with van der Waals surface area (Å²) >= 11 is 3.80. The van der Waals surface area contributed by atoms with E-state index in [9.17, 15) is 0 Å². The van der Waals surface area contributed by atoms with Crippen LogP contribution in [0.4, 0.5) is 0 Å². The first-order valence-corrected chi connectivity index (χ1v) is 18.3. The first-order valence-electron chi connectivity index (χ1n) is 16.6. The highest BCUT2D eigenvalue weighted by Gasteiger charge is 2.13. The number of hydrogen-bond donors (Lipinski definition) is 0. The molecule has 7 aromatic carbocycles. The molecule has 0 aliphatic heterocycles. The molecular weight excluding hydrogens is 617 g/mol. The smallest absolute Gasteiger partial charge is 0.0361 e. The van der Waals surface area contributed by atoms with E-state index >= 15 is 0 Å². The first-order chi connectivity index (χ1) is 23.8. The third-order valence-electron chi connectivity index (χ3n) is 9.89. The average Bonchev–Trinajstić information content (AvgIpc) is 3.67. The second-order valence-electron chi connectivity index (χ2n) is 12.8. The van der Waals surface area contributed by atoms with Crippen LogP contribution in [0.3, 0.4) is 0 Å². The monoisotopic (exact) mass is 646 g/mol. The highest BCUT2D eigenvalue weighted by molar-refractivity contribution is 7.26. The molecule has 0 spiro atoms. The predicted octanol–water partition coefficient (Wildman–Crippen LogP) is 12.5. The van der Waals surface area contributed by atoms with Crippen LogP contribution < -0.4 is 10.4 Å². The van der Waals surface area contributed by atoms with Gasteiger partial charge in [0.05, 0.1) is 0 Å². The van der Waals surface area contributed by atoms with Crippen LogP contribution in [0.1, 0.15) is 12.8 Å². The fraction of sp³-hybridized carbons (Fsp3) is 0.0435. The third-order valence-corrected chi connectivity index (χ3v) is 12.2. The molecular formula is C46H30S2. The Morgan fingerprint density at radius 3 is 1.60 bits per heavy atom. The van der Waals surface area contributed by atoms with E-state index in [0.717, 1.165) is 12.8 Å². The molecule has 0 bridgehead atoms. The second-order valence-corrected chi connectivity index (χ2v) is 14.9. The molecule has 0 fully saturated rings. The molecule has 0 radical (unpaired) electrons. The fourth-order valence-corrected chi connectivity index (χ4v) is 9.82. The van der Waals surface area contributed by atoms with Gasteiger partial charge in [-0.05, 0) is 116 Å². The summed E-state index contributed by atoms with van der Waals surface area (Å²) in [7, 11) is 0. The van der Waals surface area contributed by atoms with Gasteiger partial charge in [-0.25, -0.2) is 0 Å². The largest absolute Gasteiger partial charge is 0.135 e. The number of rotatable bonds is 2. The van der Waals surface area contributed by atoms with Gasteiger partial charge in [0.2, 0.25) is 0 Å². The van der Waals surface area contributed by atoms with Gasteiger partial charge in [0.15, 0.2) is 0 Å². The van der Waals surface area contributed by atoms with E-state index in [1.165, 1.54) is 94.6 Å². The zero-order chi connectivity index (χ0) is 31.6. The summed E-state index contributed by atoms with van der Waals surface area (Å²) < 4.78 is 5.39. The van der Waals surface area contributed by atoms with Gasteiger partial charge in [-0.15, -0.1) is 22.7 Å². The second kappa shape index (κ2) is 11.2. The van der Waals surface area contributed by atoms with E-state index in [2.05, 4.69) is 158 Å². The Morgan fingerprint density at radius 1 is 0.333 bits per heavy atom. The number of fused-ring (bicyclic) bond motifs is 9. The lowest BCUT2D eigenvalue weighted by molar-refractivity contribution is 1.12. The lowest BCUT2D eigenvalue weighted by Crippen LogP contribution is -2.29. The Kier molecular flexibility index (Phi) is 6.46. The van der Waals surface area contributed by atoms with Crippen LogP contribution in [0.25, 0.3) is 96.3 Å². The minimum Gasteiger partial charge on any atom is -0.135 e. The van der Waals surface area contributed by atoms with E-state index in [-0.39, 0.29) is 0 Å². The molecule has 2 aromatic heterocycles. The van der Waals surface area contributed by atoms with E-state index in [0.29, 0.717) is 0 Å². The molecule has 226 valence electrons. The normalized spacial score (nSPS) is 12.8. The van der Waals surface area contributed by atoms with Gasteiger partial charge < -0.3 is 0 Å². The molecule has 0 saturated carbocycles. The maximum Gasteiger partial charge on any atom is 0.0361 e. The third kappa shape index (κ3) is 4.56. The van der Waals surface area contributed by atoms with Gasteiger partial charge in [0, 0.05) is 40.3 Å². The standard InChI is InChI=1S/C46H30S2/c1-2-4-14-36(38-16-8-7-15-37(38)35(13-3-1)31-20-19-29-11-5-6-12-30(29)23-31)32-21-22-44-41(24-32)42-26-34-27-45-40(25-33(34)28-46(42)48-44)39-17-9-10-18-43(39)47-45/h1-6,9-28H,7-8H2. The molecule has 9 aromatic rings. The molecule has 0 saturated heterocycles. The molecule has 2 heteroatoms. The van der Waals surface area contributed by atoms with Crippen molar-refractivity contribution in [1.29, 1.82) is 0 Å². The topological polar surface area (TPSA) is 0 Å². The first kappa shape index (κ1) is 27.8. The highest BCUT2D eigenvalue weighted by atomic mass is 32.1. The molecule has 1 aliphatic rings. The summed E-state index contributed by atoms with van der Waals surface area (Å²) in [4.78, 5) is 0. The van der Waals surface area contributed by atoms with Crippen molar-refractivity contribution in [3.63, 3.8) is 0 Å². The molecule has 48 heavy (non-hydrogen) atoms. The summed E-state index contributed by atoms with van der Waals surface area (Å²) in [5.74, 6) is 0. The summed E-state index contributed by atoms with van der Waals surface area (Å²) in [6, 6.07) is 54.3. The molecule has 10 rings (SSSR count). The minimum absolute atomic E-state index is 1.04. The van der Waals surface area contributed by atoms with Gasteiger partial charge in [-0.1, -0.05) is 109 Å². The molecule has 0 nitrogen and oxygen atoms in total. The van der Waals surface area contributed by atoms with Gasteiger partial charge in [0.1, 0.15) is 0 Å². The molecule has 0 atom stereocenters. The van der Waals surface area contributed by atoms with Gasteiger partial charge in [-0.2, -0.15) is 0 Å². The molecule has 1 aliphatic carbocycles.